The maximum Gasteiger partial charge on any atom is 0.233 e. The van der Waals surface area contributed by atoms with Gasteiger partial charge in [0.05, 0.1) is 28.1 Å². The van der Waals surface area contributed by atoms with Gasteiger partial charge in [0.2, 0.25) is 6.71 Å². The van der Waals surface area contributed by atoms with Gasteiger partial charge in [0, 0.05) is 12.4 Å². The van der Waals surface area contributed by atoms with Crippen LogP contribution in [0.2, 0.25) is 0 Å². The molecule has 0 unspecified atom stereocenters. The minimum atomic E-state index is -0.826. The van der Waals surface area contributed by atoms with Gasteiger partial charge in [-0.15, -0.1) is 12.6 Å². The van der Waals surface area contributed by atoms with E-state index in [4.69, 9.17) is 4.74 Å². The van der Waals surface area contributed by atoms with Crippen molar-refractivity contribution in [1.29, 1.82) is 0 Å². The first-order valence-electron chi connectivity index (χ1n) is 14.2. The minimum absolute atomic E-state index is 0.242. The largest absolute Gasteiger partial charge is 0.497 e. The molecule has 0 saturated heterocycles. The summed E-state index contributed by atoms with van der Waals surface area (Å²) in [6.45, 7) is 4.21. The molecule has 0 saturated carbocycles. The number of hydrogen-bond acceptors (Lipinski definition) is 2. The maximum atomic E-state index is 5.34. The summed E-state index contributed by atoms with van der Waals surface area (Å²) in [7, 11) is 0.879. The Bertz CT molecular complexity index is 1550. The van der Waals surface area contributed by atoms with E-state index in [-0.39, 0.29) is 5.16 Å². The van der Waals surface area contributed by atoms with E-state index in [0.29, 0.717) is 6.71 Å². The quantitative estimate of drug-likeness (QED) is 0.228. The van der Waals surface area contributed by atoms with Crippen LogP contribution in [-0.2, 0) is 5.16 Å². The number of imidazole rings is 1. The molecule has 6 rings (SSSR count). The Labute approximate surface area is 252 Å². The molecule has 0 radical (unpaired) electrons. The Morgan fingerprint density at radius 3 is 1.57 bits per heavy atom. The average Bonchev–Trinajstić information content (AvgIpc) is 3.62. The fraction of sp³-hybridized carbons (Fsp3) is 0.0541. The zero-order valence-corrected chi connectivity index (χ0v) is 25.4. The maximum absolute atomic E-state index is 5.34. The van der Waals surface area contributed by atoms with Crippen LogP contribution in [0.3, 0.4) is 0 Å². The van der Waals surface area contributed by atoms with Crippen LogP contribution in [0.5, 0.6) is 5.75 Å². The van der Waals surface area contributed by atoms with Gasteiger partial charge in [-0.2, -0.15) is 0 Å². The van der Waals surface area contributed by atoms with Crippen LogP contribution in [0.25, 0.3) is 0 Å². The number of nitrogens with zero attached hydrogens (tertiary/aromatic N) is 2. The van der Waals surface area contributed by atoms with Gasteiger partial charge in [0.15, 0.2) is 0 Å². The predicted octanol–water partition coefficient (Wildman–Crippen LogP) is 5.16. The molecule has 6 aromatic rings. The average molecular weight is 563 g/mol. The Balaban J connectivity index is 0.000000199. The molecule has 0 bridgehead atoms. The van der Waals surface area contributed by atoms with Gasteiger partial charge < -0.3 is 9.30 Å². The van der Waals surface area contributed by atoms with Gasteiger partial charge in [-0.25, -0.2) is 4.98 Å². The minimum Gasteiger partial charge on any atom is -0.497 e. The molecule has 1 aromatic heterocycles. The second kappa shape index (κ2) is 14.2. The van der Waals surface area contributed by atoms with Crippen LogP contribution in [0.1, 0.15) is 11.1 Å². The number of methoxy groups -OCH3 is 1. The van der Waals surface area contributed by atoms with E-state index in [0.717, 1.165) is 5.75 Å². The molecule has 0 fully saturated rings. The number of ether oxygens (including phenoxy) is 1. The van der Waals surface area contributed by atoms with Gasteiger partial charge in [-0.3, -0.25) is 0 Å². The summed E-state index contributed by atoms with van der Waals surface area (Å²) in [5.74, 6) is 2.88. The van der Waals surface area contributed by atoms with E-state index < -0.39 is 9.52 Å². The first-order valence-corrected chi connectivity index (χ1v) is 15.6. The van der Waals surface area contributed by atoms with Crippen LogP contribution >= 0.6 is 0 Å². The SMILES string of the molecule is C=CB(c1ccccc1)c1ccccc1.COc1ccc([SiH2]C(c2ccccc2)(c2ccccc2)n2ccnc2)cc1. The fourth-order valence-electron chi connectivity index (χ4n) is 5.50. The fourth-order valence-corrected chi connectivity index (χ4v) is 7.81. The van der Waals surface area contributed by atoms with Crippen molar-refractivity contribution < 1.29 is 4.74 Å². The highest BCUT2D eigenvalue weighted by atomic mass is 28.2. The Kier molecular flexibility index (Phi) is 9.66. The third-order valence-electron chi connectivity index (χ3n) is 7.62. The topological polar surface area (TPSA) is 27.1 Å². The van der Waals surface area contributed by atoms with Crippen molar-refractivity contribution in [2.75, 3.05) is 7.11 Å². The van der Waals surface area contributed by atoms with E-state index >= 15 is 0 Å². The Morgan fingerprint density at radius 2 is 1.17 bits per heavy atom. The third-order valence-corrected chi connectivity index (χ3v) is 10.2. The van der Waals surface area contributed by atoms with Crippen LogP contribution in [0, 0.1) is 0 Å². The number of hydrogen-bond donors (Lipinski definition) is 0. The number of rotatable bonds is 9. The highest BCUT2D eigenvalue weighted by Gasteiger charge is 2.36. The first kappa shape index (κ1) is 28.7. The lowest BCUT2D eigenvalue weighted by Gasteiger charge is -2.37. The molecule has 5 aromatic carbocycles. The van der Waals surface area contributed by atoms with Crippen molar-refractivity contribution in [1.82, 2.24) is 9.55 Å². The molecule has 3 nitrogen and oxygen atoms in total. The Morgan fingerprint density at radius 1 is 0.690 bits per heavy atom. The highest BCUT2D eigenvalue weighted by molar-refractivity contribution is 6.89. The molecule has 0 amide bonds. The van der Waals surface area contributed by atoms with E-state index in [1.54, 1.807) is 7.11 Å². The van der Waals surface area contributed by atoms with Gasteiger partial charge in [0.1, 0.15) is 5.75 Å². The molecule has 0 spiro atoms. The summed E-state index contributed by atoms with van der Waals surface area (Å²) in [5.41, 5.74) is 5.16. The van der Waals surface area contributed by atoms with Crippen molar-refractivity contribution in [3.05, 3.63) is 188 Å². The van der Waals surface area contributed by atoms with E-state index in [2.05, 4.69) is 156 Å². The molecule has 5 heteroatoms. The van der Waals surface area contributed by atoms with Crippen molar-refractivity contribution in [3.63, 3.8) is 0 Å². The normalized spacial score (nSPS) is 11.0. The zero-order valence-electron chi connectivity index (χ0n) is 24.0. The van der Waals surface area contributed by atoms with Gasteiger partial charge in [0.25, 0.3) is 0 Å². The lowest BCUT2D eigenvalue weighted by molar-refractivity contribution is 0.415. The van der Waals surface area contributed by atoms with Gasteiger partial charge in [-0.1, -0.05) is 150 Å². The summed E-state index contributed by atoms with van der Waals surface area (Å²) >= 11 is 0. The van der Waals surface area contributed by atoms with Gasteiger partial charge in [-0.05, 0) is 23.3 Å². The molecule has 0 aliphatic carbocycles. The lowest BCUT2D eigenvalue weighted by atomic mass is 9.41. The van der Waals surface area contributed by atoms with Gasteiger partial charge >= 0.3 is 0 Å². The standard InChI is InChI=1S/C23H22N2OSi.C14H13B/c1-26-21-12-14-22(15-13-21)27-23(25-17-16-24-18-25,19-8-4-2-5-9-19)20-10-6-3-7-11-20;1-2-15(13-9-5-3-6-10-13)14-11-7-4-8-12-14/h2-18H,27H2,1H3;2-12H,1H2. The second-order valence-electron chi connectivity index (χ2n) is 10.1. The van der Waals surface area contributed by atoms with Crippen molar-refractivity contribution >= 4 is 32.3 Å². The Hall–Kier alpha value is -4.87. The van der Waals surface area contributed by atoms with E-state index in [9.17, 15) is 0 Å². The predicted molar refractivity (Wildman–Crippen MR) is 181 cm³/mol. The molecule has 0 aliphatic heterocycles. The first-order chi connectivity index (χ1) is 20.7. The smallest absolute Gasteiger partial charge is 0.233 e. The van der Waals surface area contributed by atoms with Crippen molar-refractivity contribution in [2.45, 2.75) is 5.16 Å². The van der Waals surface area contributed by atoms with Crippen LogP contribution in [0.15, 0.2) is 177 Å². The molecule has 1 heterocycles. The summed E-state index contributed by atoms with van der Waals surface area (Å²) in [6.07, 6.45) is 5.89. The molecular weight excluding hydrogens is 527 g/mol. The lowest BCUT2D eigenvalue weighted by Crippen LogP contribution is -2.46. The second-order valence-corrected chi connectivity index (χ2v) is 12.3. The monoisotopic (exact) mass is 562 g/mol. The molecule has 0 aliphatic rings. The molecule has 42 heavy (non-hydrogen) atoms. The van der Waals surface area contributed by atoms with Crippen LogP contribution in [0.4, 0.5) is 0 Å². The molecule has 206 valence electrons. The van der Waals surface area contributed by atoms with E-state index in [1.165, 1.54) is 27.2 Å². The zero-order chi connectivity index (χ0) is 29.0. The number of benzene rings is 5. The van der Waals surface area contributed by atoms with E-state index in [1.807, 2.05) is 30.6 Å². The summed E-state index contributed by atoms with van der Waals surface area (Å²) < 4.78 is 7.61. The summed E-state index contributed by atoms with van der Waals surface area (Å²) in [5, 5.41) is 1.13. The van der Waals surface area contributed by atoms with Crippen LogP contribution < -0.4 is 20.8 Å². The van der Waals surface area contributed by atoms with Crippen LogP contribution in [-0.4, -0.2) is 32.9 Å². The number of aromatic nitrogens is 2. The molecule has 0 atom stereocenters. The highest BCUT2D eigenvalue weighted by Crippen LogP contribution is 2.33. The molecular formula is C37H35BN2OSi. The third kappa shape index (κ3) is 6.54. The summed E-state index contributed by atoms with van der Waals surface area (Å²) in [6, 6.07) is 50.9. The van der Waals surface area contributed by atoms with Crippen molar-refractivity contribution in [2.24, 2.45) is 0 Å². The summed E-state index contributed by atoms with van der Waals surface area (Å²) in [4.78, 5) is 4.37. The van der Waals surface area contributed by atoms with Crippen molar-refractivity contribution in [3.8, 4) is 5.75 Å². The molecule has 0 N–H and O–H groups in total.